The van der Waals surface area contributed by atoms with E-state index < -0.39 is 6.04 Å². The first kappa shape index (κ1) is 21.6. The number of nitrogens with zero attached hydrogens (tertiary/aromatic N) is 1. The van der Waals surface area contributed by atoms with E-state index in [2.05, 4.69) is 16.4 Å². The third-order valence-electron chi connectivity index (χ3n) is 5.91. The Morgan fingerprint density at radius 1 is 1.09 bits per heavy atom. The molecule has 4 aromatic rings. The van der Waals surface area contributed by atoms with Crippen molar-refractivity contribution in [2.24, 2.45) is 0 Å². The number of rotatable bonds is 6. The molecule has 7 heteroatoms. The van der Waals surface area contributed by atoms with Crippen LogP contribution in [0.3, 0.4) is 0 Å². The number of aliphatic hydroxyl groups excluding tert-OH is 1. The molecule has 0 saturated heterocycles. The molecule has 0 fully saturated rings. The highest BCUT2D eigenvalue weighted by Gasteiger charge is 2.25. The van der Waals surface area contributed by atoms with Crippen LogP contribution in [0.5, 0.6) is 11.5 Å². The van der Waals surface area contributed by atoms with Gasteiger partial charge < -0.3 is 24.9 Å². The van der Waals surface area contributed by atoms with Crippen molar-refractivity contribution in [1.29, 1.82) is 5.26 Å². The van der Waals surface area contributed by atoms with Gasteiger partial charge in [-0.05, 0) is 53.4 Å². The van der Waals surface area contributed by atoms with E-state index in [-0.39, 0.29) is 12.5 Å². The highest BCUT2D eigenvalue weighted by atomic mass is 16.6. The Morgan fingerprint density at radius 3 is 2.79 bits per heavy atom. The van der Waals surface area contributed by atoms with Crippen molar-refractivity contribution < 1.29 is 19.4 Å². The first-order valence-corrected chi connectivity index (χ1v) is 11.1. The van der Waals surface area contributed by atoms with E-state index in [9.17, 15) is 15.2 Å². The van der Waals surface area contributed by atoms with E-state index in [1.165, 1.54) is 0 Å². The highest BCUT2D eigenvalue weighted by Crippen LogP contribution is 2.38. The minimum Gasteiger partial charge on any atom is -0.486 e. The van der Waals surface area contributed by atoms with Crippen LogP contribution in [0.1, 0.15) is 21.5 Å². The molecule has 1 aromatic heterocycles. The monoisotopic (exact) mass is 453 g/mol. The number of carbonyl (C=O) groups is 1. The quantitative estimate of drug-likeness (QED) is 0.412. The molecule has 34 heavy (non-hydrogen) atoms. The summed E-state index contributed by atoms with van der Waals surface area (Å²) in [6.07, 6.45) is 2.37. The van der Waals surface area contributed by atoms with Gasteiger partial charge in [0.25, 0.3) is 5.91 Å². The summed E-state index contributed by atoms with van der Waals surface area (Å²) in [5.74, 6) is 0.500. The van der Waals surface area contributed by atoms with Gasteiger partial charge in [0.05, 0.1) is 29.8 Å². The number of fused-ring (bicyclic) bond motifs is 2. The number of ether oxygens (including phenoxy) is 2. The summed E-state index contributed by atoms with van der Waals surface area (Å²) in [5, 5.41) is 23.3. The molecule has 0 saturated carbocycles. The molecule has 1 amide bonds. The molecule has 0 aliphatic carbocycles. The van der Waals surface area contributed by atoms with E-state index in [1.54, 1.807) is 24.3 Å². The number of nitriles is 1. The third kappa shape index (κ3) is 4.19. The molecule has 0 bridgehead atoms. The average molecular weight is 453 g/mol. The fourth-order valence-electron chi connectivity index (χ4n) is 4.25. The molecule has 1 aliphatic rings. The Labute approximate surface area is 196 Å². The number of amides is 1. The number of aromatic nitrogens is 1. The second-order valence-corrected chi connectivity index (χ2v) is 8.16. The third-order valence-corrected chi connectivity index (χ3v) is 5.91. The Hall–Kier alpha value is -4.28. The van der Waals surface area contributed by atoms with Crippen LogP contribution in [0.25, 0.3) is 22.0 Å². The van der Waals surface area contributed by atoms with E-state index in [4.69, 9.17) is 9.47 Å². The lowest BCUT2D eigenvalue weighted by Crippen LogP contribution is -2.39. The fourth-order valence-corrected chi connectivity index (χ4v) is 4.25. The van der Waals surface area contributed by atoms with Gasteiger partial charge in [0.2, 0.25) is 0 Å². The molecule has 0 unspecified atom stereocenters. The van der Waals surface area contributed by atoms with Crippen LogP contribution in [0.15, 0.2) is 66.9 Å². The number of hydrogen-bond donors (Lipinski definition) is 3. The van der Waals surface area contributed by atoms with Gasteiger partial charge in [0.1, 0.15) is 13.2 Å². The van der Waals surface area contributed by atoms with Gasteiger partial charge in [0, 0.05) is 17.1 Å². The zero-order chi connectivity index (χ0) is 23.5. The Balaban J connectivity index is 1.45. The summed E-state index contributed by atoms with van der Waals surface area (Å²) >= 11 is 0. The van der Waals surface area contributed by atoms with Crippen molar-refractivity contribution in [3.63, 3.8) is 0 Å². The summed E-state index contributed by atoms with van der Waals surface area (Å²) in [4.78, 5) is 16.6. The molecule has 0 spiro atoms. The van der Waals surface area contributed by atoms with E-state index >= 15 is 0 Å². The lowest BCUT2D eigenvalue weighted by molar-refractivity contribution is 0.0906. The zero-order valence-electron chi connectivity index (χ0n) is 18.4. The van der Waals surface area contributed by atoms with Gasteiger partial charge in [-0.1, -0.05) is 30.3 Å². The van der Waals surface area contributed by atoms with Crippen LogP contribution in [0.4, 0.5) is 0 Å². The van der Waals surface area contributed by atoms with Crippen molar-refractivity contribution in [2.75, 3.05) is 19.8 Å². The Morgan fingerprint density at radius 2 is 1.94 bits per heavy atom. The molecule has 1 atom stereocenters. The summed E-state index contributed by atoms with van der Waals surface area (Å²) in [6, 6.07) is 20.3. The molecule has 2 heterocycles. The number of carbonyl (C=O) groups excluding carboxylic acids is 1. The lowest BCUT2D eigenvalue weighted by atomic mass is 9.99. The largest absolute Gasteiger partial charge is 0.486 e. The topological polar surface area (TPSA) is 107 Å². The van der Waals surface area contributed by atoms with Crippen molar-refractivity contribution in [3.05, 3.63) is 83.6 Å². The fraction of sp³-hybridized carbons (Fsp3) is 0.185. The summed E-state index contributed by atoms with van der Waals surface area (Å²) in [5.41, 5.74) is 4.40. The maximum Gasteiger partial charge on any atom is 0.255 e. The number of benzene rings is 3. The van der Waals surface area contributed by atoms with E-state index in [0.29, 0.717) is 42.3 Å². The molecule has 7 nitrogen and oxygen atoms in total. The molecule has 170 valence electrons. The smallest absolute Gasteiger partial charge is 0.255 e. The summed E-state index contributed by atoms with van der Waals surface area (Å²) < 4.78 is 11.6. The second-order valence-electron chi connectivity index (χ2n) is 8.16. The number of para-hydroxylation sites is 1. The maximum atomic E-state index is 13.4. The second kappa shape index (κ2) is 9.30. The predicted molar refractivity (Wildman–Crippen MR) is 128 cm³/mol. The predicted octanol–water partition coefficient (Wildman–Crippen LogP) is 3.81. The molecular formula is C27H23N3O4. The number of H-pyrrole nitrogens is 1. The molecular weight excluding hydrogens is 430 g/mol. The van der Waals surface area contributed by atoms with Gasteiger partial charge in [-0.3, -0.25) is 4.79 Å². The van der Waals surface area contributed by atoms with Gasteiger partial charge in [-0.25, -0.2) is 0 Å². The van der Waals surface area contributed by atoms with Gasteiger partial charge in [-0.2, -0.15) is 5.26 Å². The molecule has 3 aromatic carbocycles. The van der Waals surface area contributed by atoms with Gasteiger partial charge >= 0.3 is 0 Å². The number of nitrogens with one attached hydrogen (secondary N) is 2. The Bertz CT molecular complexity index is 1400. The van der Waals surface area contributed by atoms with Gasteiger partial charge in [-0.15, -0.1) is 0 Å². The van der Waals surface area contributed by atoms with E-state index in [1.807, 2.05) is 42.6 Å². The average Bonchev–Trinajstić information content (AvgIpc) is 3.30. The minimum absolute atomic E-state index is 0.214. The SMILES string of the molecule is N#Cc1cccc(-c2cc3c(c(C(=O)N[C@@H](CO)Cc4c[nH]c5ccccc45)c2)OCCO3)c1. The molecule has 0 radical (unpaired) electrons. The first-order chi connectivity index (χ1) is 16.7. The normalized spacial score (nSPS) is 13.3. The first-order valence-electron chi connectivity index (χ1n) is 11.1. The number of aromatic amines is 1. The van der Waals surface area contributed by atoms with Crippen LogP contribution in [-0.2, 0) is 6.42 Å². The van der Waals surface area contributed by atoms with Crippen molar-refractivity contribution in [2.45, 2.75) is 12.5 Å². The van der Waals surface area contributed by atoms with Crippen LogP contribution in [0, 0.1) is 11.3 Å². The van der Waals surface area contributed by atoms with Gasteiger partial charge in [0.15, 0.2) is 11.5 Å². The standard InChI is InChI=1S/C27H23N3O4/c28-14-17-4-3-5-18(10-17)19-12-23(26-25(13-19)33-8-9-34-26)27(32)30-21(16-31)11-20-15-29-24-7-2-1-6-22(20)24/h1-7,10,12-13,15,21,29,31H,8-9,11,16H2,(H,30,32)/t21-/m1/s1. The lowest BCUT2D eigenvalue weighted by Gasteiger charge is -2.23. The zero-order valence-corrected chi connectivity index (χ0v) is 18.4. The van der Waals surface area contributed by atoms with Crippen molar-refractivity contribution in [1.82, 2.24) is 10.3 Å². The minimum atomic E-state index is -0.488. The summed E-state index contributed by atoms with van der Waals surface area (Å²) in [7, 11) is 0. The number of hydrogen-bond acceptors (Lipinski definition) is 5. The van der Waals surface area contributed by atoms with Crippen LogP contribution >= 0.6 is 0 Å². The molecule has 3 N–H and O–H groups in total. The van der Waals surface area contributed by atoms with Crippen molar-refractivity contribution >= 4 is 16.8 Å². The number of aliphatic hydroxyl groups is 1. The van der Waals surface area contributed by atoms with Crippen LogP contribution in [-0.4, -0.2) is 41.9 Å². The maximum absolute atomic E-state index is 13.4. The highest BCUT2D eigenvalue weighted by molar-refractivity contribution is 5.99. The van der Waals surface area contributed by atoms with Crippen LogP contribution < -0.4 is 14.8 Å². The van der Waals surface area contributed by atoms with Crippen LogP contribution in [0.2, 0.25) is 0 Å². The van der Waals surface area contributed by atoms with Crippen molar-refractivity contribution in [3.8, 4) is 28.7 Å². The molecule has 5 rings (SSSR count). The van der Waals surface area contributed by atoms with E-state index in [0.717, 1.165) is 27.6 Å². The summed E-state index contributed by atoms with van der Waals surface area (Å²) in [6.45, 7) is 0.513. The Kier molecular flexibility index (Phi) is 5.90. The molecule has 1 aliphatic heterocycles.